The minimum atomic E-state index is -0.101. The summed E-state index contributed by atoms with van der Waals surface area (Å²) >= 11 is 0. The van der Waals surface area contributed by atoms with E-state index in [1.165, 1.54) is 0 Å². The lowest BCUT2D eigenvalue weighted by atomic mass is 10.1. The van der Waals surface area contributed by atoms with E-state index in [9.17, 15) is 4.79 Å². The molecule has 140 valence electrons. The van der Waals surface area contributed by atoms with E-state index in [0.29, 0.717) is 36.2 Å². The van der Waals surface area contributed by atoms with Crippen molar-refractivity contribution in [2.75, 3.05) is 20.8 Å². The maximum Gasteiger partial charge on any atom is 0.247 e. The first-order valence-electron chi connectivity index (χ1n) is 8.40. The molecule has 1 amide bonds. The molecule has 27 heavy (non-hydrogen) atoms. The molecule has 2 heterocycles. The van der Waals surface area contributed by atoms with Gasteiger partial charge in [-0.1, -0.05) is 6.07 Å². The third-order valence-corrected chi connectivity index (χ3v) is 3.87. The zero-order chi connectivity index (χ0) is 19.1. The summed E-state index contributed by atoms with van der Waals surface area (Å²) in [6.07, 6.45) is 4.02. The Morgan fingerprint density at radius 1 is 1.07 bits per heavy atom. The molecule has 0 fully saturated rings. The number of pyridine rings is 1. The van der Waals surface area contributed by atoms with Crippen LogP contribution in [0.25, 0.3) is 11.5 Å². The van der Waals surface area contributed by atoms with Crippen LogP contribution in [0, 0.1) is 0 Å². The SMILES string of the molecule is COc1ccc(CC(=O)NCCc2nnc(-c3ccncc3)o2)cc1OC. The van der Waals surface area contributed by atoms with Gasteiger partial charge in [0.15, 0.2) is 11.5 Å². The molecule has 1 aromatic carbocycles. The van der Waals surface area contributed by atoms with Crippen molar-refractivity contribution >= 4 is 5.91 Å². The molecule has 3 rings (SSSR count). The van der Waals surface area contributed by atoms with Crippen LogP contribution in [-0.4, -0.2) is 41.9 Å². The molecule has 0 aliphatic carbocycles. The van der Waals surface area contributed by atoms with E-state index in [1.807, 2.05) is 6.07 Å². The molecule has 0 saturated heterocycles. The van der Waals surface area contributed by atoms with E-state index in [0.717, 1.165) is 11.1 Å². The van der Waals surface area contributed by atoms with Crippen LogP contribution in [0.15, 0.2) is 47.1 Å². The fourth-order valence-corrected chi connectivity index (χ4v) is 2.51. The van der Waals surface area contributed by atoms with Crippen molar-refractivity contribution in [3.63, 3.8) is 0 Å². The van der Waals surface area contributed by atoms with Gasteiger partial charge in [0, 0.05) is 30.9 Å². The number of aromatic nitrogens is 3. The predicted octanol–water partition coefficient (Wildman–Crippen LogP) is 2.05. The number of benzene rings is 1. The van der Waals surface area contributed by atoms with Gasteiger partial charge < -0.3 is 19.2 Å². The fraction of sp³-hybridized carbons (Fsp3) is 0.263. The largest absolute Gasteiger partial charge is 0.493 e. The highest BCUT2D eigenvalue weighted by Crippen LogP contribution is 2.27. The highest BCUT2D eigenvalue weighted by atomic mass is 16.5. The summed E-state index contributed by atoms with van der Waals surface area (Å²) in [6, 6.07) is 8.99. The van der Waals surface area contributed by atoms with Gasteiger partial charge in [0.05, 0.1) is 20.6 Å². The van der Waals surface area contributed by atoms with Crippen molar-refractivity contribution in [1.29, 1.82) is 0 Å². The lowest BCUT2D eigenvalue weighted by Crippen LogP contribution is -2.27. The molecule has 0 atom stereocenters. The zero-order valence-corrected chi connectivity index (χ0v) is 15.1. The molecule has 0 unspecified atom stereocenters. The maximum absolute atomic E-state index is 12.1. The molecule has 1 N–H and O–H groups in total. The quantitative estimate of drug-likeness (QED) is 0.649. The Labute approximate surface area is 156 Å². The number of amides is 1. The van der Waals surface area contributed by atoms with Crippen molar-refractivity contribution in [2.24, 2.45) is 0 Å². The van der Waals surface area contributed by atoms with Crippen LogP contribution in [0.1, 0.15) is 11.5 Å². The second-order valence-electron chi connectivity index (χ2n) is 5.70. The van der Waals surface area contributed by atoms with Gasteiger partial charge in [0.2, 0.25) is 17.7 Å². The predicted molar refractivity (Wildman–Crippen MR) is 97.5 cm³/mol. The standard InChI is InChI=1S/C19H20N4O4/c1-25-15-4-3-13(11-16(15)26-2)12-17(24)21-10-7-18-22-23-19(27-18)14-5-8-20-9-6-14/h3-6,8-9,11H,7,10,12H2,1-2H3,(H,21,24). The second kappa shape index (κ2) is 8.79. The molecule has 2 aromatic heterocycles. The van der Waals surface area contributed by atoms with E-state index >= 15 is 0 Å². The van der Waals surface area contributed by atoms with Crippen molar-refractivity contribution in [2.45, 2.75) is 12.8 Å². The van der Waals surface area contributed by atoms with E-state index in [2.05, 4.69) is 20.5 Å². The Bertz CT molecular complexity index is 896. The van der Waals surface area contributed by atoms with Crippen molar-refractivity contribution in [3.8, 4) is 23.0 Å². The number of hydrogen-bond donors (Lipinski definition) is 1. The average molecular weight is 368 g/mol. The summed E-state index contributed by atoms with van der Waals surface area (Å²) in [7, 11) is 3.13. The number of methoxy groups -OCH3 is 2. The van der Waals surface area contributed by atoms with Crippen LogP contribution >= 0.6 is 0 Å². The molecule has 0 spiro atoms. The molecule has 0 bridgehead atoms. The first kappa shape index (κ1) is 18.4. The number of rotatable bonds is 8. The first-order chi connectivity index (χ1) is 13.2. The van der Waals surface area contributed by atoms with Gasteiger partial charge in [-0.25, -0.2) is 0 Å². The number of ether oxygens (including phenoxy) is 2. The summed E-state index contributed by atoms with van der Waals surface area (Å²) in [6.45, 7) is 0.407. The maximum atomic E-state index is 12.1. The van der Waals surface area contributed by atoms with Gasteiger partial charge >= 0.3 is 0 Å². The molecule has 8 nitrogen and oxygen atoms in total. The van der Waals surface area contributed by atoms with Gasteiger partial charge in [-0.2, -0.15) is 0 Å². The number of carbonyl (C=O) groups excluding carboxylic acids is 1. The van der Waals surface area contributed by atoms with Crippen LogP contribution in [0.5, 0.6) is 11.5 Å². The van der Waals surface area contributed by atoms with Crippen molar-refractivity contribution < 1.29 is 18.7 Å². The normalized spacial score (nSPS) is 10.4. The summed E-state index contributed by atoms with van der Waals surface area (Å²) in [5, 5.41) is 10.8. The third-order valence-electron chi connectivity index (χ3n) is 3.87. The lowest BCUT2D eigenvalue weighted by molar-refractivity contribution is -0.120. The third kappa shape index (κ3) is 4.81. The van der Waals surface area contributed by atoms with Crippen LogP contribution < -0.4 is 14.8 Å². The highest BCUT2D eigenvalue weighted by Gasteiger charge is 2.10. The molecule has 8 heteroatoms. The Balaban J connectivity index is 1.49. The second-order valence-corrected chi connectivity index (χ2v) is 5.70. The Hall–Kier alpha value is -3.42. The number of nitrogens with one attached hydrogen (secondary N) is 1. The molecule has 0 aliphatic heterocycles. The number of carbonyl (C=O) groups is 1. The molecular formula is C19H20N4O4. The summed E-state index contributed by atoms with van der Waals surface area (Å²) in [5.41, 5.74) is 1.64. The Morgan fingerprint density at radius 3 is 2.59 bits per heavy atom. The molecule has 3 aromatic rings. The van der Waals surface area contributed by atoms with Crippen molar-refractivity contribution in [1.82, 2.24) is 20.5 Å². The fourth-order valence-electron chi connectivity index (χ4n) is 2.51. The van der Waals surface area contributed by atoms with E-state index in [-0.39, 0.29) is 12.3 Å². The first-order valence-corrected chi connectivity index (χ1v) is 8.40. The Morgan fingerprint density at radius 2 is 1.85 bits per heavy atom. The minimum Gasteiger partial charge on any atom is -0.493 e. The van der Waals surface area contributed by atoms with E-state index in [1.54, 1.807) is 50.9 Å². The number of hydrogen-bond acceptors (Lipinski definition) is 7. The molecule has 0 aliphatic rings. The zero-order valence-electron chi connectivity index (χ0n) is 15.1. The average Bonchev–Trinajstić information content (AvgIpc) is 3.17. The van der Waals surface area contributed by atoms with Gasteiger partial charge in [0.1, 0.15) is 0 Å². The van der Waals surface area contributed by atoms with Crippen LogP contribution in [0.4, 0.5) is 0 Å². The van der Waals surface area contributed by atoms with Gasteiger partial charge in [-0.05, 0) is 29.8 Å². The summed E-state index contributed by atoms with van der Waals surface area (Å²) < 4.78 is 16.0. The molecule has 0 saturated carbocycles. The van der Waals surface area contributed by atoms with Gasteiger partial charge in [-0.3, -0.25) is 9.78 Å². The van der Waals surface area contributed by atoms with Crippen LogP contribution in [-0.2, 0) is 17.6 Å². The Kier molecular flexibility index (Phi) is 5.98. The minimum absolute atomic E-state index is 0.101. The molecule has 0 radical (unpaired) electrons. The monoisotopic (exact) mass is 368 g/mol. The topological polar surface area (TPSA) is 99.4 Å². The molecular weight excluding hydrogens is 348 g/mol. The van der Waals surface area contributed by atoms with Gasteiger partial charge in [-0.15, -0.1) is 10.2 Å². The van der Waals surface area contributed by atoms with Crippen molar-refractivity contribution in [3.05, 3.63) is 54.2 Å². The van der Waals surface area contributed by atoms with Crippen LogP contribution in [0.3, 0.4) is 0 Å². The lowest BCUT2D eigenvalue weighted by Gasteiger charge is -2.09. The summed E-state index contributed by atoms with van der Waals surface area (Å²) in [5.74, 6) is 2.02. The van der Waals surface area contributed by atoms with Gasteiger partial charge in [0.25, 0.3) is 0 Å². The number of nitrogens with zero attached hydrogens (tertiary/aromatic N) is 3. The van der Waals surface area contributed by atoms with E-state index < -0.39 is 0 Å². The highest BCUT2D eigenvalue weighted by molar-refractivity contribution is 5.78. The summed E-state index contributed by atoms with van der Waals surface area (Å²) in [4.78, 5) is 16.1. The van der Waals surface area contributed by atoms with Crippen LogP contribution in [0.2, 0.25) is 0 Å². The van der Waals surface area contributed by atoms with E-state index in [4.69, 9.17) is 13.9 Å². The smallest absolute Gasteiger partial charge is 0.247 e.